The molecule has 2 rings (SSSR count). The molecule has 114 valence electrons. The van der Waals surface area contributed by atoms with Crippen molar-refractivity contribution in [1.82, 2.24) is 10.2 Å². The van der Waals surface area contributed by atoms with E-state index < -0.39 is 0 Å². The highest BCUT2D eigenvalue weighted by molar-refractivity contribution is 9.10. The van der Waals surface area contributed by atoms with Gasteiger partial charge in [-0.15, -0.1) is 11.3 Å². The molecule has 1 N–H and O–H groups in total. The van der Waals surface area contributed by atoms with E-state index in [0.717, 1.165) is 13.0 Å². The van der Waals surface area contributed by atoms with Gasteiger partial charge in [0.25, 0.3) is 0 Å². The number of likely N-dealkylation sites (tertiary alicyclic amines) is 1. The molecular formula is C16H27BrN2S. The minimum Gasteiger partial charge on any atom is -0.312 e. The molecule has 0 aliphatic carbocycles. The Kier molecular flexibility index (Phi) is 6.09. The maximum atomic E-state index is 3.73. The second kappa shape index (κ2) is 7.39. The zero-order valence-corrected chi connectivity index (χ0v) is 15.3. The van der Waals surface area contributed by atoms with Crippen molar-refractivity contribution in [3.8, 4) is 0 Å². The number of nitrogens with zero attached hydrogens (tertiary/aromatic N) is 1. The first-order valence-corrected chi connectivity index (χ1v) is 9.43. The van der Waals surface area contributed by atoms with Crippen molar-refractivity contribution >= 4 is 27.3 Å². The summed E-state index contributed by atoms with van der Waals surface area (Å²) in [5, 5.41) is 5.91. The third-order valence-electron chi connectivity index (χ3n) is 4.55. The Balaban J connectivity index is 2.11. The first-order chi connectivity index (χ1) is 9.55. The molecule has 0 radical (unpaired) electrons. The topological polar surface area (TPSA) is 15.3 Å². The Morgan fingerprint density at radius 1 is 1.35 bits per heavy atom. The fourth-order valence-electron chi connectivity index (χ4n) is 3.16. The molecule has 0 amide bonds. The van der Waals surface area contributed by atoms with Gasteiger partial charge in [0.1, 0.15) is 0 Å². The van der Waals surface area contributed by atoms with E-state index in [1.165, 1.54) is 41.7 Å². The maximum Gasteiger partial charge on any atom is 0.0314 e. The molecule has 1 aromatic rings. The molecule has 1 unspecified atom stereocenters. The Labute approximate surface area is 136 Å². The van der Waals surface area contributed by atoms with Gasteiger partial charge in [0.2, 0.25) is 0 Å². The molecule has 1 aliphatic rings. The lowest BCUT2D eigenvalue weighted by molar-refractivity contribution is 0.0618. The molecule has 0 saturated carbocycles. The lowest BCUT2D eigenvalue weighted by Gasteiger charge is -2.46. The van der Waals surface area contributed by atoms with E-state index >= 15 is 0 Å². The highest BCUT2D eigenvalue weighted by atomic mass is 79.9. The van der Waals surface area contributed by atoms with Crippen LogP contribution in [-0.4, -0.2) is 36.1 Å². The maximum absolute atomic E-state index is 3.73. The molecule has 1 atom stereocenters. The fraction of sp³-hybridized carbons (Fsp3) is 0.750. The molecule has 1 fully saturated rings. The molecule has 0 bridgehead atoms. The second-order valence-electron chi connectivity index (χ2n) is 6.21. The summed E-state index contributed by atoms with van der Waals surface area (Å²) in [5.41, 5.74) is 0.208. The standard InChI is InChI=1S/C16H27BrN2S/c1-4-18-15(12-14-13(17)8-11-20-14)16(2,3)19-9-6-5-7-10-19/h8,11,15,18H,4-7,9-10,12H2,1-3H3. The van der Waals surface area contributed by atoms with Gasteiger partial charge in [-0.3, -0.25) is 4.90 Å². The molecule has 2 nitrogen and oxygen atoms in total. The van der Waals surface area contributed by atoms with E-state index in [4.69, 9.17) is 0 Å². The summed E-state index contributed by atoms with van der Waals surface area (Å²) in [6.45, 7) is 10.6. The van der Waals surface area contributed by atoms with Gasteiger partial charge in [-0.2, -0.15) is 0 Å². The number of thiophene rings is 1. The van der Waals surface area contributed by atoms with Gasteiger partial charge in [-0.25, -0.2) is 0 Å². The predicted molar refractivity (Wildman–Crippen MR) is 92.7 cm³/mol. The fourth-order valence-corrected chi connectivity index (χ4v) is 4.73. The lowest BCUT2D eigenvalue weighted by Crippen LogP contribution is -2.59. The molecule has 1 aliphatic heterocycles. The Hall–Kier alpha value is 0.1000. The van der Waals surface area contributed by atoms with Crippen LogP contribution in [0.25, 0.3) is 0 Å². The monoisotopic (exact) mass is 358 g/mol. The SMILES string of the molecule is CCNC(Cc1sccc1Br)C(C)(C)N1CCCCC1. The Morgan fingerprint density at radius 2 is 2.05 bits per heavy atom. The van der Waals surface area contributed by atoms with Gasteiger partial charge < -0.3 is 5.32 Å². The molecule has 1 aromatic heterocycles. The highest BCUT2D eigenvalue weighted by Crippen LogP contribution is 2.30. The van der Waals surface area contributed by atoms with Crippen LogP contribution in [0.15, 0.2) is 15.9 Å². The molecule has 0 aromatic carbocycles. The van der Waals surface area contributed by atoms with E-state index in [9.17, 15) is 0 Å². The first kappa shape index (κ1) is 16.5. The van der Waals surface area contributed by atoms with Crippen LogP contribution in [0.1, 0.15) is 44.9 Å². The number of halogens is 1. The van der Waals surface area contributed by atoms with Gasteiger partial charge in [0, 0.05) is 20.9 Å². The summed E-state index contributed by atoms with van der Waals surface area (Å²) in [5.74, 6) is 0. The van der Waals surface area contributed by atoms with Crippen molar-refractivity contribution in [3.05, 3.63) is 20.8 Å². The molecular weight excluding hydrogens is 332 g/mol. The zero-order valence-electron chi connectivity index (χ0n) is 12.9. The Bertz CT molecular complexity index is 410. The van der Waals surface area contributed by atoms with Crippen LogP contribution < -0.4 is 5.32 Å². The van der Waals surface area contributed by atoms with Crippen LogP contribution in [0.4, 0.5) is 0 Å². The average molecular weight is 359 g/mol. The van der Waals surface area contributed by atoms with E-state index in [-0.39, 0.29) is 5.54 Å². The normalized spacial score (nSPS) is 19.2. The molecule has 0 spiro atoms. The summed E-state index contributed by atoms with van der Waals surface area (Å²) < 4.78 is 1.26. The van der Waals surface area contributed by atoms with Crippen molar-refractivity contribution in [1.29, 1.82) is 0 Å². The number of piperidine rings is 1. The van der Waals surface area contributed by atoms with Gasteiger partial charge in [-0.05, 0) is 80.1 Å². The first-order valence-electron chi connectivity index (χ1n) is 7.76. The summed E-state index contributed by atoms with van der Waals surface area (Å²) in [6.07, 6.45) is 5.21. The summed E-state index contributed by atoms with van der Waals surface area (Å²) >= 11 is 5.54. The van der Waals surface area contributed by atoms with Crippen molar-refractivity contribution in [2.75, 3.05) is 19.6 Å². The smallest absolute Gasteiger partial charge is 0.0314 e. The van der Waals surface area contributed by atoms with Crippen molar-refractivity contribution in [3.63, 3.8) is 0 Å². The van der Waals surface area contributed by atoms with Crippen molar-refractivity contribution in [2.24, 2.45) is 0 Å². The number of nitrogens with one attached hydrogen (secondary N) is 1. The van der Waals surface area contributed by atoms with Gasteiger partial charge in [-0.1, -0.05) is 13.3 Å². The van der Waals surface area contributed by atoms with Crippen LogP contribution in [0.5, 0.6) is 0 Å². The molecule has 20 heavy (non-hydrogen) atoms. The lowest BCUT2D eigenvalue weighted by atomic mass is 9.87. The number of hydrogen-bond donors (Lipinski definition) is 1. The predicted octanol–water partition coefficient (Wildman–Crippen LogP) is 4.30. The van der Waals surface area contributed by atoms with Crippen LogP contribution in [0, 0.1) is 0 Å². The van der Waals surface area contributed by atoms with Gasteiger partial charge >= 0.3 is 0 Å². The minimum atomic E-state index is 0.208. The van der Waals surface area contributed by atoms with Gasteiger partial charge in [0.15, 0.2) is 0 Å². The van der Waals surface area contributed by atoms with Gasteiger partial charge in [0.05, 0.1) is 0 Å². The van der Waals surface area contributed by atoms with Crippen LogP contribution in [-0.2, 0) is 6.42 Å². The van der Waals surface area contributed by atoms with Crippen molar-refractivity contribution < 1.29 is 0 Å². The molecule has 4 heteroatoms. The molecule has 1 saturated heterocycles. The largest absolute Gasteiger partial charge is 0.312 e. The number of hydrogen-bond acceptors (Lipinski definition) is 3. The third kappa shape index (κ3) is 3.85. The average Bonchev–Trinajstić information content (AvgIpc) is 2.85. The minimum absolute atomic E-state index is 0.208. The zero-order chi connectivity index (χ0) is 14.6. The van der Waals surface area contributed by atoms with Crippen LogP contribution in [0.2, 0.25) is 0 Å². The molecule has 2 heterocycles. The van der Waals surface area contributed by atoms with E-state index in [0.29, 0.717) is 6.04 Å². The van der Waals surface area contributed by atoms with Crippen LogP contribution >= 0.6 is 27.3 Å². The van der Waals surface area contributed by atoms with E-state index in [2.05, 4.69) is 58.4 Å². The quantitative estimate of drug-likeness (QED) is 0.815. The third-order valence-corrected chi connectivity index (χ3v) is 6.50. The van der Waals surface area contributed by atoms with Crippen molar-refractivity contribution in [2.45, 2.75) is 58.0 Å². The van der Waals surface area contributed by atoms with E-state index in [1.54, 1.807) is 0 Å². The van der Waals surface area contributed by atoms with E-state index in [1.807, 2.05) is 11.3 Å². The van der Waals surface area contributed by atoms with Crippen LogP contribution in [0.3, 0.4) is 0 Å². The Morgan fingerprint density at radius 3 is 2.60 bits per heavy atom. The highest BCUT2D eigenvalue weighted by Gasteiger charge is 2.35. The summed E-state index contributed by atoms with van der Waals surface area (Å²) in [7, 11) is 0. The second-order valence-corrected chi connectivity index (χ2v) is 8.06. The summed E-state index contributed by atoms with van der Waals surface area (Å²) in [6, 6.07) is 2.66. The number of likely N-dealkylation sites (N-methyl/N-ethyl adjacent to an activating group) is 1. The summed E-state index contributed by atoms with van der Waals surface area (Å²) in [4.78, 5) is 4.15. The number of rotatable bonds is 6.